The Morgan fingerprint density at radius 3 is 2.85 bits per heavy atom. The molecule has 0 aromatic rings. The molecule has 0 radical (unpaired) electrons. The maximum atomic E-state index is 12.8. The van der Waals surface area contributed by atoms with Crippen molar-refractivity contribution in [2.75, 3.05) is 32.8 Å². The molecule has 0 bridgehead atoms. The van der Waals surface area contributed by atoms with E-state index in [0.29, 0.717) is 11.8 Å². The quantitative estimate of drug-likeness (QED) is 0.810. The molecule has 116 valence electrons. The van der Waals surface area contributed by atoms with Crippen LogP contribution in [0.3, 0.4) is 0 Å². The summed E-state index contributed by atoms with van der Waals surface area (Å²) < 4.78 is 5.69. The second-order valence-electron chi connectivity index (χ2n) is 6.21. The van der Waals surface area contributed by atoms with Crippen LogP contribution in [0.15, 0.2) is 0 Å². The van der Waals surface area contributed by atoms with Crippen LogP contribution in [0.1, 0.15) is 46.0 Å². The third kappa shape index (κ3) is 3.95. The second kappa shape index (κ2) is 7.99. The summed E-state index contributed by atoms with van der Waals surface area (Å²) in [7, 11) is 0. The molecule has 3 unspecified atom stereocenters. The van der Waals surface area contributed by atoms with Crippen LogP contribution in [0.2, 0.25) is 0 Å². The maximum absolute atomic E-state index is 12.8. The Morgan fingerprint density at radius 1 is 1.35 bits per heavy atom. The van der Waals surface area contributed by atoms with Crippen molar-refractivity contribution in [3.63, 3.8) is 0 Å². The van der Waals surface area contributed by atoms with E-state index in [-0.39, 0.29) is 12.0 Å². The fourth-order valence-corrected chi connectivity index (χ4v) is 3.52. The van der Waals surface area contributed by atoms with Crippen molar-refractivity contribution in [3.05, 3.63) is 0 Å². The summed E-state index contributed by atoms with van der Waals surface area (Å²) in [5.41, 5.74) is 0. The van der Waals surface area contributed by atoms with E-state index in [1.165, 1.54) is 12.8 Å². The van der Waals surface area contributed by atoms with Gasteiger partial charge in [-0.15, -0.1) is 0 Å². The van der Waals surface area contributed by atoms with Crippen molar-refractivity contribution in [2.24, 2.45) is 11.8 Å². The Bertz CT molecular complexity index is 303. The van der Waals surface area contributed by atoms with E-state index in [9.17, 15) is 4.79 Å². The Hall–Kier alpha value is -0.610. The third-order valence-electron chi connectivity index (χ3n) is 4.61. The van der Waals surface area contributed by atoms with Crippen LogP contribution in [-0.2, 0) is 9.53 Å². The lowest BCUT2D eigenvalue weighted by Crippen LogP contribution is -2.45. The predicted molar refractivity (Wildman–Crippen MR) is 80.6 cm³/mol. The summed E-state index contributed by atoms with van der Waals surface area (Å²) in [4.78, 5) is 14.9. The summed E-state index contributed by atoms with van der Waals surface area (Å²) >= 11 is 0. The van der Waals surface area contributed by atoms with Gasteiger partial charge in [0.1, 0.15) is 0 Å². The zero-order chi connectivity index (χ0) is 14.4. The first-order valence-corrected chi connectivity index (χ1v) is 8.37. The fraction of sp³-hybridized carbons (Fsp3) is 0.938. The Kier molecular flexibility index (Phi) is 6.30. The van der Waals surface area contributed by atoms with Crippen LogP contribution in [0, 0.1) is 11.8 Å². The van der Waals surface area contributed by atoms with Gasteiger partial charge in [-0.1, -0.05) is 13.8 Å². The van der Waals surface area contributed by atoms with E-state index in [0.717, 1.165) is 52.0 Å². The van der Waals surface area contributed by atoms with E-state index in [1.54, 1.807) is 0 Å². The average molecular weight is 282 g/mol. The Balaban J connectivity index is 1.93. The van der Waals surface area contributed by atoms with Gasteiger partial charge in [-0.05, 0) is 51.1 Å². The molecule has 0 aromatic carbocycles. The smallest absolute Gasteiger partial charge is 0.228 e. The summed E-state index contributed by atoms with van der Waals surface area (Å²) in [6.07, 6.45) is 5.52. The summed E-state index contributed by atoms with van der Waals surface area (Å²) in [5.74, 6) is 1.06. The molecule has 2 saturated heterocycles. The molecule has 2 fully saturated rings. The molecule has 4 nitrogen and oxygen atoms in total. The SMILES string of the molecule is CCCN(CC1CCCNC1)C(=O)C1CCOC1CC. The molecule has 2 heterocycles. The van der Waals surface area contributed by atoms with Gasteiger partial charge >= 0.3 is 0 Å². The molecule has 0 aliphatic carbocycles. The predicted octanol–water partition coefficient (Wildman–Crippen LogP) is 2.04. The minimum atomic E-state index is 0.100. The molecule has 3 atom stereocenters. The largest absolute Gasteiger partial charge is 0.377 e. The lowest BCUT2D eigenvalue weighted by Gasteiger charge is -2.32. The molecule has 1 N–H and O–H groups in total. The van der Waals surface area contributed by atoms with Crippen molar-refractivity contribution in [3.8, 4) is 0 Å². The molecule has 4 heteroatoms. The van der Waals surface area contributed by atoms with Gasteiger partial charge in [-0.3, -0.25) is 4.79 Å². The highest BCUT2D eigenvalue weighted by atomic mass is 16.5. The molecule has 0 saturated carbocycles. The number of ether oxygens (including phenoxy) is 1. The number of rotatable bonds is 6. The molecular formula is C16H30N2O2. The molecule has 1 amide bonds. The fourth-order valence-electron chi connectivity index (χ4n) is 3.52. The first-order valence-electron chi connectivity index (χ1n) is 8.37. The van der Waals surface area contributed by atoms with Crippen molar-refractivity contribution in [1.82, 2.24) is 10.2 Å². The summed E-state index contributed by atoms with van der Waals surface area (Å²) in [5, 5.41) is 3.45. The lowest BCUT2D eigenvalue weighted by atomic mass is 9.95. The van der Waals surface area contributed by atoms with Crippen molar-refractivity contribution in [1.29, 1.82) is 0 Å². The molecule has 20 heavy (non-hydrogen) atoms. The van der Waals surface area contributed by atoms with Gasteiger partial charge in [-0.25, -0.2) is 0 Å². The van der Waals surface area contributed by atoms with Crippen LogP contribution in [0.5, 0.6) is 0 Å². The zero-order valence-corrected chi connectivity index (χ0v) is 13.1. The topological polar surface area (TPSA) is 41.6 Å². The minimum Gasteiger partial charge on any atom is -0.377 e. The highest BCUT2D eigenvalue weighted by Gasteiger charge is 2.35. The summed E-state index contributed by atoms with van der Waals surface area (Å²) in [6, 6.07) is 0. The van der Waals surface area contributed by atoms with E-state index in [1.807, 2.05) is 0 Å². The van der Waals surface area contributed by atoms with Crippen molar-refractivity contribution < 1.29 is 9.53 Å². The first-order chi connectivity index (χ1) is 9.76. The maximum Gasteiger partial charge on any atom is 0.228 e. The van der Waals surface area contributed by atoms with Crippen molar-refractivity contribution in [2.45, 2.75) is 52.1 Å². The minimum absolute atomic E-state index is 0.100. The molecule has 2 aliphatic rings. The number of hydrogen-bond acceptors (Lipinski definition) is 3. The number of piperidine rings is 1. The highest BCUT2D eigenvalue weighted by Crippen LogP contribution is 2.26. The van der Waals surface area contributed by atoms with Gasteiger partial charge in [0, 0.05) is 19.7 Å². The van der Waals surface area contributed by atoms with Crippen LogP contribution < -0.4 is 5.32 Å². The van der Waals surface area contributed by atoms with Gasteiger partial charge in [-0.2, -0.15) is 0 Å². The first kappa shape index (κ1) is 15.8. The van der Waals surface area contributed by atoms with Gasteiger partial charge in [0.25, 0.3) is 0 Å². The number of nitrogens with one attached hydrogen (secondary N) is 1. The number of carbonyl (C=O) groups excluding carboxylic acids is 1. The second-order valence-corrected chi connectivity index (χ2v) is 6.21. The molecule has 2 aliphatic heterocycles. The van der Waals surface area contributed by atoms with Gasteiger partial charge in [0.05, 0.1) is 12.0 Å². The Morgan fingerprint density at radius 2 is 2.20 bits per heavy atom. The highest BCUT2D eigenvalue weighted by molar-refractivity contribution is 5.79. The van der Waals surface area contributed by atoms with Gasteiger partial charge < -0.3 is 15.0 Å². The molecule has 0 spiro atoms. The summed E-state index contributed by atoms with van der Waals surface area (Å²) in [6.45, 7) is 9.03. The number of nitrogens with zero attached hydrogens (tertiary/aromatic N) is 1. The molecule has 2 rings (SSSR count). The van der Waals surface area contributed by atoms with Crippen LogP contribution in [0.4, 0.5) is 0 Å². The third-order valence-corrected chi connectivity index (χ3v) is 4.61. The van der Waals surface area contributed by atoms with Crippen LogP contribution in [-0.4, -0.2) is 49.7 Å². The lowest BCUT2D eigenvalue weighted by molar-refractivity contribution is -0.138. The monoisotopic (exact) mass is 282 g/mol. The van der Waals surface area contributed by atoms with Gasteiger partial charge in [0.2, 0.25) is 5.91 Å². The average Bonchev–Trinajstić information content (AvgIpc) is 2.95. The van der Waals surface area contributed by atoms with E-state index >= 15 is 0 Å². The van der Waals surface area contributed by atoms with Crippen LogP contribution in [0.25, 0.3) is 0 Å². The van der Waals surface area contributed by atoms with E-state index < -0.39 is 0 Å². The van der Waals surface area contributed by atoms with Crippen molar-refractivity contribution >= 4 is 5.91 Å². The van der Waals surface area contributed by atoms with Gasteiger partial charge in [0.15, 0.2) is 0 Å². The standard InChI is InChI=1S/C16H30N2O2/c1-3-9-18(12-13-6-5-8-17-11-13)16(19)14-7-10-20-15(14)4-2/h13-15,17H,3-12H2,1-2H3. The van der Waals surface area contributed by atoms with Crippen LogP contribution >= 0.6 is 0 Å². The number of amides is 1. The van der Waals surface area contributed by atoms with E-state index in [2.05, 4.69) is 24.1 Å². The number of hydrogen-bond donors (Lipinski definition) is 1. The molecular weight excluding hydrogens is 252 g/mol. The number of carbonyl (C=O) groups is 1. The van der Waals surface area contributed by atoms with E-state index in [4.69, 9.17) is 4.74 Å². The normalized spacial score (nSPS) is 30.4. The Labute approximate surface area is 123 Å². The zero-order valence-electron chi connectivity index (χ0n) is 13.1. The molecule has 0 aromatic heterocycles.